The van der Waals surface area contributed by atoms with E-state index in [0.717, 1.165) is 16.7 Å². The van der Waals surface area contributed by atoms with Gasteiger partial charge >= 0.3 is 0 Å². The van der Waals surface area contributed by atoms with Gasteiger partial charge in [-0.2, -0.15) is 0 Å². The van der Waals surface area contributed by atoms with Crippen molar-refractivity contribution in [2.75, 3.05) is 32.6 Å². The monoisotopic (exact) mass is 395 g/mol. The summed E-state index contributed by atoms with van der Waals surface area (Å²) < 4.78 is 10.9. The molecule has 2 N–H and O–H groups in total. The van der Waals surface area contributed by atoms with Gasteiger partial charge in [-0.3, -0.25) is 14.5 Å². The Balaban J connectivity index is 1.47. The second kappa shape index (κ2) is 9.25. The van der Waals surface area contributed by atoms with E-state index in [1.54, 1.807) is 43.3 Å². The Hall–Kier alpha value is -3.32. The van der Waals surface area contributed by atoms with Crippen molar-refractivity contribution in [3.63, 3.8) is 0 Å². The summed E-state index contributed by atoms with van der Waals surface area (Å²) in [6.07, 6.45) is 0. The molecule has 29 heavy (non-hydrogen) atoms. The molecule has 2 amide bonds. The molecule has 3 rings (SSSR count). The van der Waals surface area contributed by atoms with Gasteiger partial charge in [-0.15, -0.1) is 0 Å². The minimum absolute atomic E-state index is 0.0957. The van der Waals surface area contributed by atoms with Crippen LogP contribution in [0.2, 0.25) is 0 Å². The Kier molecular flexibility index (Phi) is 6.51. The summed E-state index contributed by atoms with van der Waals surface area (Å²) in [4.78, 5) is 26.1. The molecule has 0 saturated heterocycles. The number of amides is 2. The predicted octanol–water partition coefficient (Wildman–Crippen LogP) is 3.19. The summed E-state index contributed by atoms with van der Waals surface area (Å²) in [6, 6.07) is 16.4. The Bertz CT molecular complexity index is 948. The quantitative estimate of drug-likeness (QED) is 0.612. The molecule has 7 nitrogen and oxygen atoms in total. The van der Waals surface area contributed by atoms with Gasteiger partial charge in [0.05, 0.1) is 26.2 Å². The maximum atomic E-state index is 12.3. The van der Waals surface area contributed by atoms with Crippen LogP contribution in [-0.4, -0.2) is 44.0 Å². The van der Waals surface area contributed by atoms with E-state index in [-0.39, 0.29) is 30.9 Å². The van der Waals surface area contributed by atoms with Crippen LogP contribution in [0.5, 0.6) is 5.75 Å². The second-order valence-corrected chi connectivity index (χ2v) is 6.92. The predicted molar refractivity (Wildman–Crippen MR) is 112 cm³/mol. The third-order valence-electron chi connectivity index (χ3n) is 4.45. The lowest BCUT2D eigenvalue weighted by atomic mass is 10.2. The van der Waals surface area contributed by atoms with E-state index in [0.29, 0.717) is 11.4 Å². The smallest absolute Gasteiger partial charge is 0.238 e. The van der Waals surface area contributed by atoms with Crippen molar-refractivity contribution >= 4 is 28.5 Å². The number of anilines is 1. The van der Waals surface area contributed by atoms with Crippen molar-refractivity contribution in [1.82, 2.24) is 10.2 Å². The molecule has 2 aromatic carbocycles. The largest absolute Gasteiger partial charge is 0.497 e. The lowest BCUT2D eigenvalue weighted by molar-refractivity contribution is -0.123. The van der Waals surface area contributed by atoms with Crippen molar-refractivity contribution in [2.24, 2.45) is 0 Å². The van der Waals surface area contributed by atoms with Crippen molar-refractivity contribution in [3.05, 3.63) is 60.4 Å². The van der Waals surface area contributed by atoms with Gasteiger partial charge in [0.15, 0.2) is 0 Å². The van der Waals surface area contributed by atoms with Crippen LogP contribution in [-0.2, 0) is 9.59 Å². The molecule has 0 aliphatic heterocycles. The number of fused-ring (bicyclic) bond motifs is 1. The molecule has 1 heterocycles. The number of rotatable bonds is 8. The first-order chi connectivity index (χ1) is 13.9. The number of hydrogen-bond donors (Lipinski definition) is 2. The highest BCUT2D eigenvalue weighted by Gasteiger charge is 2.16. The number of carbonyl (C=O) groups is 2. The fourth-order valence-electron chi connectivity index (χ4n) is 3.00. The van der Waals surface area contributed by atoms with E-state index in [4.69, 9.17) is 9.15 Å². The van der Waals surface area contributed by atoms with Crippen LogP contribution in [0.4, 0.5) is 5.69 Å². The van der Waals surface area contributed by atoms with Gasteiger partial charge in [0.1, 0.15) is 17.1 Å². The van der Waals surface area contributed by atoms with E-state index < -0.39 is 0 Å². The van der Waals surface area contributed by atoms with Crippen LogP contribution in [0.3, 0.4) is 0 Å². The molecule has 0 unspecified atom stereocenters. The van der Waals surface area contributed by atoms with Gasteiger partial charge in [0, 0.05) is 11.1 Å². The number of nitrogens with one attached hydrogen (secondary N) is 2. The number of carbonyl (C=O) groups excluding carboxylic acids is 2. The van der Waals surface area contributed by atoms with Crippen molar-refractivity contribution < 1.29 is 18.7 Å². The summed E-state index contributed by atoms with van der Waals surface area (Å²) in [7, 11) is 3.31. The van der Waals surface area contributed by atoms with E-state index in [1.165, 1.54) is 0 Å². The lowest BCUT2D eigenvalue weighted by Crippen LogP contribution is -2.39. The van der Waals surface area contributed by atoms with Crippen LogP contribution in [0, 0.1) is 0 Å². The van der Waals surface area contributed by atoms with Crippen molar-refractivity contribution in [3.8, 4) is 5.75 Å². The van der Waals surface area contributed by atoms with E-state index in [2.05, 4.69) is 10.6 Å². The van der Waals surface area contributed by atoms with Crippen LogP contribution < -0.4 is 15.4 Å². The Morgan fingerprint density at radius 2 is 1.76 bits per heavy atom. The highest BCUT2D eigenvalue weighted by Crippen LogP contribution is 2.23. The average molecular weight is 395 g/mol. The summed E-state index contributed by atoms with van der Waals surface area (Å²) in [6.45, 7) is 2.06. The van der Waals surface area contributed by atoms with Crippen molar-refractivity contribution in [2.45, 2.75) is 13.0 Å². The first-order valence-corrected chi connectivity index (χ1v) is 9.35. The molecule has 1 atom stereocenters. The zero-order valence-electron chi connectivity index (χ0n) is 16.8. The molecule has 0 aliphatic rings. The molecular weight excluding hydrogens is 370 g/mol. The van der Waals surface area contributed by atoms with Gasteiger partial charge < -0.3 is 19.8 Å². The first kappa shape index (κ1) is 20.4. The van der Waals surface area contributed by atoms with Crippen LogP contribution >= 0.6 is 0 Å². The number of hydrogen-bond acceptors (Lipinski definition) is 5. The normalized spacial score (nSPS) is 12.0. The maximum Gasteiger partial charge on any atom is 0.238 e. The highest BCUT2D eigenvalue weighted by molar-refractivity contribution is 5.92. The molecule has 0 spiro atoms. The third-order valence-corrected chi connectivity index (χ3v) is 4.45. The van der Waals surface area contributed by atoms with E-state index >= 15 is 0 Å². The fourth-order valence-corrected chi connectivity index (χ4v) is 3.00. The Morgan fingerprint density at radius 1 is 1.07 bits per heavy atom. The van der Waals surface area contributed by atoms with Gasteiger partial charge in [-0.25, -0.2) is 0 Å². The number of benzene rings is 2. The number of furan rings is 1. The van der Waals surface area contributed by atoms with Crippen LogP contribution in [0.25, 0.3) is 11.0 Å². The molecule has 7 heteroatoms. The van der Waals surface area contributed by atoms with Gasteiger partial charge in [-0.1, -0.05) is 18.2 Å². The molecule has 3 aromatic rings. The molecule has 1 aromatic heterocycles. The fraction of sp³-hybridized carbons (Fsp3) is 0.273. The molecule has 0 bridgehead atoms. The van der Waals surface area contributed by atoms with E-state index in [9.17, 15) is 9.59 Å². The lowest BCUT2D eigenvalue weighted by Gasteiger charge is -2.18. The molecule has 0 saturated carbocycles. The van der Waals surface area contributed by atoms with Crippen molar-refractivity contribution in [1.29, 1.82) is 0 Å². The summed E-state index contributed by atoms with van der Waals surface area (Å²) in [5.41, 5.74) is 1.46. The van der Waals surface area contributed by atoms with Crippen LogP contribution in [0.1, 0.15) is 18.7 Å². The molecule has 152 valence electrons. The van der Waals surface area contributed by atoms with E-state index in [1.807, 2.05) is 37.3 Å². The minimum atomic E-state index is -0.267. The standard InChI is InChI=1S/C22H25N3O4/c1-15(20-12-16-6-4-5-7-19(16)29-20)23-21(26)13-25(2)14-22(27)24-17-8-10-18(28-3)11-9-17/h4-12,15H,13-14H2,1-3H3,(H,23,26)(H,24,27)/t15-/m1/s1. The Labute approximate surface area is 169 Å². The summed E-state index contributed by atoms with van der Waals surface area (Å²) in [5.74, 6) is 1.03. The van der Waals surface area contributed by atoms with Crippen LogP contribution in [0.15, 0.2) is 59.0 Å². The molecular formula is C22H25N3O4. The molecule has 0 radical (unpaired) electrons. The average Bonchev–Trinajstić information content (AvgIpc) is 3.12. The summed E-state index contributed by atoms with van der Waals surface area (Å²) in [5, 5.41) is 6.70. The third kappa shape index (κ3) is 5.58. The highest BCUT2D eigenvalue weighted by atomic mass is 16.5. The topological polar surface area (TPSA) is 83.8 Å². The zero-order valence-corrected chi connectivity index (χ0v) is 16.8. The Morgan fingerprint density at radius 3 is 2.45 bits per heavy atom. The minimum Gasteiger partial charge on any atom is -0.497 e. The number of nitrogens with zero attached hydrogens (tertiary/aromatic N) is 1. The van der Waals surface area contributed by atoms with Gasteiger partial charge in [0.2, 0.25) is 11.8 Å². The summed E-state index contributed by atoms with van der Waals surface area (Å²) >= 11 is 0. The SMILES string of the molecule is COc1ccc(NC(=O)CN(C)CC(=O)N[C@H](C)c2cc3ccccc3o2)cc1. The number of methoxy groups -OCH3 is 1. The number of likely N-dealkylation sites (N-methyl/N-ethyl adjacent to an activating group) is 1. The van der Waals surface area contributed by atoms with Gasteiger partial charge in [-0.05, 0) is 50.4 Å². The molecule has 0 aliphatic carbocycles. The number of ether oxygens (including phenoxy) is 1. The maximum absolute atomic E-state index is 12.3. The zero-order chi connectivity index (χ0) is 20.8. The number of para-hydroxylation sites is 1. The van der Waals surface area contributed by atoms with Gasteiger partial charge in [0.25, 0.3) is 0 Å². The second-order valence-electron chi connectivity index (χ2n) is 6.92. The molecule has 0 fully saturated rings. The first-order valence-electron chi connectivity index (χ1n) is 9.35.